The van der Waals surface area contributed by atoms with Gasteiger partial charge in [0.25, 0.3) is 0 Å². The van der Waals surface area contributed by atoms with E-state index in [0.717, 1.165) is 12.8 Å². The fraction of sp³-hybridized carbons (Fsp3) is 0.800. The molecule has 0 amide bonds. The van der Waals surface area contributed by atoms with Crippen LogP contribution in [0.5, 0.6) is 0 Å². The van der Waals surface area contributed by atoms with Gasteiger partial charge in [-0.1, -0.05) is 31.4 Å². The first-order chi connectivity index (χ1) is 5.47. The van der Waals surface area contributed by atoms with E-state index in [1.165, 1.54) is 6.42 Å². The lowest BCUT2D eigenvalue weighted by molar-refractivity contribution is 0.180. The summed E-state index contributed by atoms with van der Waals surface area (Å²) in [5.74, 6) is 0.659. The maximum absolute atomic E-state index is 9.31. The van der Waals surface area contributed by atoms with Crippen LogP contribution in [0.2, 0.25) is 19.6 Å². The van der Waals surface area contributed by atoms with E-state index in [-0.39, 0.29) is 6.10 Å². The highest BCUT2D eigenvalue weighted by Crippen LogP contribution is 2.26. The van der Waals surface area contributed by atoms with Gasteiger partial charge in [0.15, 0.2) is 0 Å². The summed E-state index contributed by atoms with van der Waals surface area (Å²) in [6.07, 6.45) is 5.48. The van der Waals surface area contributed by atoms with Crippen LogP contribution >= 0.6 is 0 Å². The summed E-state index contributed by atoms with van der Waals surface area (Å²) < 4.78 is 0. The van der Waals surface area contributed by atoms with Crippen molar-refractivity contribution in [3.8, 4) is 0 Å². The molecule has 1 rings (SSSR count). The van der Waals surface area contributed by atoms with Gasteiger partial charge in [-0.15, -0.1) is 0 Å². The summed E-state index contributed by atoms with van der Waals surface area (Å²) in [6, 6.07) is 0. The van der Waals surface area contributed by atoms with E-state index >= 15 is 0 Å². The second-order valence-corrected chi connectivity index (χ2v) is 10.0. The Labute approximate surface area is 76.5 Å². The topological polar surface area (TPSA) is 20.2 Å². The minimum Gasteiger partial charge on any atom is -0.393 e. The summed E-state index contributed by atoms with van der Waals surface area (Å²) in [5, 5.41) is 9.31. The van der Waals surface area contributed by atoms with Crippen LogP contribution in [0.15, 0.2) is 11.8 Å². The zero-order chi connectivity index (χ0) is 9.19. The van der Waals surface area contributed by atoms with Crippen LogP contribution in [0.3, 0.4) is 0 Å². The van der Waals surface area contributed by atoms with E-state index < -0.39 is 8.07 Å². The molecule has 0 aromatic carbocycles. The minimum absolute atomic E-state index is 0.0266. The third kappa shape index (κ3) is 3.54. The van der Waals surface area contributed by atoms with Crippen LogP contribution in [0.25, 0.3) is 0 Å². The highest BCUT2D eigenvalue weighted by Gasteiger charge is 2.20. The molecule has 1 fully saturated rings. The molecule has 12 heavy (non-hydrogen) atoms. The normalized spacial score (nSPS) is 31.7. The Bertz CT molecular complexity index is 169. The highest BCUT2D eigenvalue weighted by molar-refractivity contribution is 6.80. The second-order valence-electron chi connectivity index (χ2n) is 4.95. The Morgan fingerprint density at radius 2 is 1.92 bits per heavy atom. The van der Waals surface area contributed by atoms with Crippen LogP contribution in [-0.2, 0) is 0 Å². The average molecular weight is 184 g/mol. The third-order valence-corrected chi connectivity index (χ3v) is 3.51. The smallest absolute Gasteiger partial charge is 0.0682 e. The molecule has 0 heterocycles. The summed E-state index contributed by atoms with van der Waals surface area (Å²) in [7, 11) is -1.01. The number of rotatable bonds is 2. The second kappa shape index (κ2) is 3.75. The molecule has 0 bridgehead atoms. The van der Waals surface area contributed by atoms with Gasteiger partial charge in [0.05, 0.1) is 14.2 Å². The quantitative estimate of drug-likeness (QED) is 0.654. The number of aliphatic hydroxyl groups is 1. The van der Waals surface area contributed by atoms with E-state index in [1.54, 1.807) is 0 Å². The van der Waals surface area contributed by atoms with Crippen LogP contribution in [0, 0.1) is 5.92 Å². The van der Waals surface area contributed by atoms with Crippen molar-refractivity contribution in [2.24, 2.45) is 5.92 Å². The molecule has 1 aliphatic carbocycles. The van der Waals surface area contributed by atoms with E-state index in [1.807, 2.05) is 0 Å². The molecule has 0 aliphatic heterocycles. The lowest BCUT2D eigenvalue weighted by Gasteiger charge is -2.10. The Morgan fingerprint density at radius 3 is 2.33 bits per heavy atom. The van der Waals surface area contributed by atoms with Gasteiger partial charge in [-0.05, 0) is 25.2 Å². The van der Waals surface area contributed by atoms with Crippen molar-refractivity contribution in [3.05, 3.63) is 11.8 Å². The van der Waals surface area contributed by atoms with E-state index in [9.17, 15) is 5.11 Å². The lowest BCUT2D eigenvalue weighted by atomic mass is 10.1. The summed E-state index contributed by atoms with van der Waals surface area (Å²) >= 11 is 0. The predicted octanol–water partition coefficient (Wildman–Crippen LogP) is 2.58. The van der Waals surface area contributed by atoms with Crippen LogP contribution in [-0.4, -0.2) is 19.3 Å². The maximum Gasteiger partial charge on any atom is 0.0682 e. The SMILES string of the molecule is C[Si](C)(C)/C=C/[C@H]1CC[C@H](O)C1. The van der Waals surface area contributed by atoms with Gasteiger partial charge >= 0.3 is 0 Å². The monoisotopic (exact) mass is 184 g/mol. The first kappa shape index (κ1) is 10.0. The van der Waals surface area contributed by atoms with Gasteiger partial charge in [0.1, 0.15) is 0 Å². The van der Waals surface area contributed by atoms with Crippen LogP contribution < -0.4 is 0 Å². The predicted molar refractivity (Wildman–Crippen MR) is 55.8 cm³/mol. The average Bonchev–Trinajstić information content (AvgIpc) is 2.30. The number of hydrogen-bond acceptors (Lipinski definition) is 1. The van der Waals surface area contributed by atoms with Crippen molar-refractivity contribution in [1.82, 2.24) is 0 Å². The van der Waals surface area contributed by atoms with Crippen molar-refractivity contribution < 1.29 is 5.11 Å². The Kier molecular flexibility index (Phi) is 3.13. The molecule has 1 aliphatic rings. The molecule has 1 saturated carbocycles. The molecular formula is C10H20OSi. The Morgan fingerprint density at radius 1 is 1.25 bits per heavy atom. The molecule has 0 radical (unpaired) electrons. The zero-order valence-corrected chi connectivity index (χ0v) is 9.38. The molecule has 2 heteroatoms. The lowest BCUT2D eigenvalue weighted by Crippen LogP contribution is -2.16. The van der Waals surface area contributed by atoms with Crippen molar-refractivity contribution in [1.29, 1.82) is 0 Å². The minimum atomic E-state index is -1.01. The first-order valence-corrected chi connectivity index (χ1v) is 8.42. The van der Waals surface area contributed by atoms with Crippen LogP contribution in [0.4, 0.5) is 0 Å². The molecule has 0 spiro atoms. The standard InChI is InChI=1S/C10H20OSi/c1-12(2,3)7-6-9-4-5-10(11)8-9/h6-7,9-11H,4-5,8H2,1-3H3/b7-6+/t9-,10+/m1/s1. The largest absolute Gasteiger partial charge is 0.393 e. The highest BCUT2D eigenvalue weighted by atomic mass is 28.3. The first-order valence-electron chi connectivity index (χ1n) is 4.85. The molecule has 0 aromatic rings. The zero-order valence-electron chi connectivity index (χ0n) is 8.38. The fourth-order valence-electron chi connectivity index (χ4n) is 1.59. The van der Waals surface area contributed by atoms with Crippen LogP contribution in [0.1, 0.15) is 19.3 Å². The van der Waals surface area contributed by atoms with Gasteiger partial charge in [0, 0.05) is 0 Å². The van der Waals surface area contributed by atoms with E-state index in [0.29, 0.717) is 5.92 Å². The maximum atomic E-state index is 9.31. The Balaban J connectivity index is 2.37. The number of aliphatic hydroxyl groups excluding tert-OH is 1. The summed E-state index contributed by atoms with van der Waals surface area (Å²) in [4.78, 5) is 0. The van der Waals surface area contributed by atoms with Crippen molar-refractivity contribution in [2.75, 3.05) is 0 Å². The van der Waals surface area contributed by atoms with Crippen molar-refractivity contribution >= 4 is 8.07 Å². The fourth-order valence-corrected chi connectivity index (χ4v) is 2.44. The number of hydrogen-bond donors (Lipinski definition) is 1. The van der Waals surface area contributed by atoms with Gasteiger partial charge in [-0.2, -0.15) is 0 Å². The van der Waals surface area contributed by atoms with Gasteiger partial charge in [-0.3, -0.25) is 0 Å². The molecule has 1 N–H and O–H groups in total. The molecule has 0 unspecified atom stereocenters. The molecular weight excluding hydrogens is 164 g/mol. The molecule has 1 nitrogen and oxygen atoms in total. The Hall–Kier alpha value is -0.0831. The molecule has 2 atom stereocenters. The summed E-state index contributed by atoms with van der Waals surface area (Å²) in [5.41, 5.74) is 2.40. The molecule has 0 saturated heterocycles. The van der Waals surface area contributed by atoms with E-state index in [4.69, 9.17) is 0 Å². The van der Waals surface area contributed by atoms with Gasteiger partial charge in [-0.25, -0.2) is 0 Å². The van der Waals surface area contributed by atoms with Crippen molar-refractivity contribution in [3.63, 3.8) is 0 Å². The molecule has 70 valence electrons. The summed E-state index contributed by atoms with van der Waals surface area (Å²) in [6.45, 7) is 7.03. The van der Waals surface area contributed by atoms with Crippen molar-refractivity contribution in [2.45, 2.75) is 45.0 Å². The third-order valence-electron chi connectivity index (χ3n) is 2.31. The number of allylic oxidation sites excluding steroid dienone is 1. The molecule has 0 aromatic heterocycles. The van der Waals surface area contributed by atoms with Gasteiger partial charge in [0.2, 0.25) is 0 Å². The van der Waals surface area contributed by atoms with Gasteiger partial charge < -0.3 is 5.11 Å². The van der Waals surface area contributed by atoms with E-state index in [2.05, 4.69) is 31.4 Å².